The largest absolute Gasteiger partial charge is 0.374 e. The third-order valence-electron chi connectivity index (χ3n) is 3.04. The van der Waals surface area contributed by atoms with Gasteiger partial charge in [0, 0.05) is 30.7 Å². The molecule has 0 spiro atoms. The molecule has 3 nitrogen and oxygen atoms in total. The van der Waals surface area contributed by atoms with Crippen LogP contribution in [0.2, 0.25) is 0 Å². The van der Waals surface area contributed by atoms with Crippen LogP contribution in [-0.2, 0) is 11.3 Å². The lowest BCUT2D eigenvalue weighted by Gasteiger charge is -2.30. The number of ether oxygens (including phenoxy) is 1. The Morgan fingerprint density at radius 3 is 3.17 bits per heavy atom. The second kappa shape index (κ2) is 6.61. The minimum atomic E-state index is -0.205. The van der Waals surface area contributed by atoms with E-state index in [2.05, 4.69) is 33.2 Å². The minimum absolute atomic E-state index is 0.205. The predicted octanol–water partition coefficient (Wildman–Crippen LogP) is 2.01. The van der Waals surface area contributed by atoms with Crippen LogP contribution in [0.15, 0.2) is 22.7 Å². The highest BCUT2D eigenvalue weighted by Gasteiger charge is 2.16. The third-order valence-corrected chi connectivity index (χ3v) is 3.81. The number of nitrogens with zero attached hydrogens (tertiary/aromatic N) is 1. The molecule has 1 aliphatic rings. The van der Waals surface area contributed by atoms with Crippen LogP contribution >= 0.6 is 15.9 Å². The molecule has 1 aromatic rings. The number of rotatable bonds is 4. The van der Waals surface area contributed by atoms with E-state index in [9.17, 15) is 4.39 Å². The summed E-state index contributed by atoms with van der Waals surface area (Å²) >= 11 is 3.42. The van der Waals surface area contributed by atoms with Crippen LogP contribution in [-0.4, -0.2) is 44.3 Å². The Kier molecular flexibility index (Phi) is 5.12. The first kappa shape index (κ1) is 13.9. The molecule has 2 rings (SSSR count). The Balaban J connectivity index is 1.79. The van der Waals surface area contributed by atoms with Crippen LogP contribution in [0.5, 0.6) is 0 Å². The van der Waals surface area contributed by atoms with E-state index in [4.69, 9.17) is 4.74 Å². The van der Waals surface area contributed by atoms with Gasteiger partial charge in [-0.15, -0.1) is 0 Å². The molecule has 1 fully saturated rings. The van der Waals surface area contributed by atoms with Crippen molar-refractivity contribution in [1.29, 1.82) is 0 Å². The van der Waals surface area contributed by atoms with E-state index in [1.54, 1.807) is 12.1 Å². The number of likely N-dealkylation sites (N-methyl/N-ethyl adjacent to an activating group) is 1. The van der Waals surface area contributed by atoms with Gasteiger partial charge in [0.05, 0.1) is 12.7 Å². The highest BCUT2D eigenvalue weighted by atomic mass is 79.9. The molecule has 0 aromatic heterocycles. The molecule has 1 aliphatic heterocycles. The zero-order valence-electron chi connectivity index (χ0n) is 10.5. The third kappa shape index (κ3) is 4.02. The van der Waals surface area contributed by atoms with Crippen LogP contribution in [0, 0.1) is 5.82 Å². The van der Waals surface area contributed by atoms with Crippen molar-refractivity contribution >= 4 is 15.9 Å². The molecule has 0 radical (unpaired) electrons. The maximum absolute atomic E-state index is 13.1. The first-order valence-electron chi connectivity index (χ1n) is 6.10. The zero-order valence-corrected chi connectivity index (χ0v) is 12.0. The Hall–Kier alpha value is -0.490. The highest BCUT2D eigenvalue weighted by Crippen LogP contribution is 2.17. The summed E-state index contributed by atoms with van der Waals surface area (Å²) < 4.78 is 19.7. The van der Waals surface area contributed by atoms with Gasteiger partial charge in [0.15, 0.2) is 0 Å². The van der Waals surface area contributed by atoms with E-state index in [1.807, 2.05) is 0 Å². The highest BCUT2D eigenvalue weighted by molar-refractivity contribution is 9.10. The molecule has 1 heterocycles. The van der Waals surface area contributed by atoms with Gasteiger partial charge in [0.25, 0.3) is 0 Å². The first-order valence-corrected chi connectivity index (χ1v) is 6.89. The Labute approximate surface area is 115 Å². The monoisotopic (exact) mass is 316 g/mol. The summed E-state index contributed by atoms with van der Waals surface area (Å²) in [6.07, 6.45) is 0.219. The summed E-state index contributed by atoms with van der Waals surface area (Å²) in [6, 6.07) is 4.73. The van der Waals surface area contributed by atoms with Gasteiger partial charge < -0.3 is 15.0 Å². The number of nitrogens with one attached hydrogen (secondary N) is 1. The number of halogens is 2. The molecule has 0 bridgehead atoms. The topological polar surface area (TPSA) is 24.5 Å². The molecule has 1 aromatic carbocycles. The van der Waals surface area contributed by atoms with E-state index >= 15 is 0 Å². The maximum atomic E-state index is 13.1. The van der Waals surface area contributed by atoms with Crippen LogP contribution in [0.25, 0.3) is 0 Å². The van der Waals surface area contributed by atoms with Crippen molar-refractivity contribution in [1.82, 2.24) is 10.2 Å². The Bertz CT molecular complexity index is 403. The van der Waals surface area contributed by atoms with E-state index in [-0.39, 0.29) is 11.9 Å². The molecule has 0 aliphatic carbocycles. The van der Waals surface area contributed by atoms with Crippen LogP contribution < -0.4 is 5.32 Å². The van der Waals surface area contributed by atoms with Crippen molar-refractivity contribution < 1.29 is 9.13 Å². The van der Waals surface area contributed by atoms with E-state index in [1.165, 1.54) is 6.07 Å². The van der Waals surface area contributed by atoms with E-state index < -0.39 is 0 Å². The average Bonchev–Trinajstić information content (AvgIpc) is 2.34. The molecule has 5 heteroatoms. The number of benzene rings is 1. The average molecular weight is 317 g/mol. The van der Waals surface area contributed by atoms with Gasteiger partial charge in [0.2, 0.25) is 0 Å². The predicted molar refractivity (Wildman–Crippen MR) is 73.0 cm³/mol. The second-order valence-electron chi connectivity index (χ2n) is 4.62. The summed E-state index contributed by atoms with van der Waals surface area (Å²) in [7, 11) is 2.10. The number of hydrogen-bond donors (Lipinski definition) is 1. The van der Waals surface area contributed by atoms with Gasteiger partial charge in [-0.25, -0.2) is 4.39 Å². The summed E-state index contributed by atoms with van der Waals surface area (Å²) in [5.41, 5.74) is 0.930. The second-order valence-corrected chi connectivity index (χ2v) is 5.48. The SMILES string of the molecule is CN1CCOC(CNCc2cc(F)ccc2Br)C1. The first-order chi connectivity index (χ1) is 8.65. The van der Waals surface area contributed by atoms with Crippen LogP contribution in [0.3, 0.4) is 0 Å². The van der Waals surface area contributed by atoms with Crippen LogP contribution in [0.1, 0.15) is 5.56 Å². The molecule has 1 unspecified atom stereocenters. The van der Waals surface area contributed by atoms with Crippen molar-refractivity contribution in [2.75, 3.05) is 33.3 Å². The van der Waals surface area contributed by atoms with Gasteiger partial charge in [-0.1, -0.05) is 15.9 Å². The molecule has 1 saturated heterocycles. The van der Waals surface area contributed by atoms with Gasteiger partial charge in [0.1, 0.15) is 5.82 Å². The Morgan fingerprint density at radius 2 is 2.39 bits per heavy atom. The molecular weight excluding hydrogens is 299 g/mol. The van der Waals surface area contributed by atoms with E-state index in [0.29, 0.717) is 6.54 Å². The fourth-order valence-electron chi connectivity index (χ4n) is 2.04. The summed E-state index contributed by atoms with van der Waals surface area (Å²) in [5, 5.41) is 3.31. The molecule has 1 atom stereocenters. The molecule has 18 heavy (non-hydrogen) atoms. The van der Waals surface area contributed by atoms with Gasteiger partial charge in [-0.05, 0) is 30.8 Å². The number of hydrogen-bond acceptors (Lipinski definition) is 3. The van der Waals surface area contributed by atoms with Gasteiger partial charge in [-0.2, -0.15) is 0 Å². The normalized spacial score (nSPS) is 21.2. The molecule has 100 valence electrons. The maximum Gasteiger partial charge on any atom is 0.123 e. The van der Waals surface area contributed by atoms with Crippen molar-refractivity contribution in [2.45, 2.75) is 12.6 Å². The molecule has 0 amide bonds. The van der Waals surface area contributed by atoms with Crippen LogP contribution in [0.4, 0.5) is 4.39 Å². The molecule has 0 saturated carbocycles. The lowest BCUT2D eigenvalue weighted by atomic mass is 10.2. The molecule has 1 N–H and O–H groups in total. The minimum Gasteiger partial charge on any atom is -0.374 e. The smallest absolute Gasteiger partial charge is 0.123 e. The van der Waals surface area contributed by atoms with Crippen molar-refractivity contribution in [3.8, 4) is 0 Å². The lowest BCUT2D eigenvalue weighted by Crippen LogP contribution is -2.44. The lowest BCUT2D eigenvalue weighted by molar-refractivity contribution is -0.0182. The summed E-state index contributed by atoms with van der Waals surface area (Å²) in [6.45, 7) is 4.14. The van der Waals surface area contributed by atoms with Crippen molar-refractivity contribution in [3.05, 3.63) is 34.1 Å². The summed E-state index contributed by atoms with van der Waals surface area (Å²) in [4.78, 5) is 2.26. The summed E-state index contributed by atoms with van der Waals surface area (Å²) in [5.74, 6) is -0.205. The quantitative estimate of drug-likeness (QED) is 0.919. The molecular formula is C13H18BrFN2O. The fourth-order valence-corrected chi connectivity index (χ4v) is 2.42. The van der Waals surface area contributed by atoms with Gasteiger partial charge in [-0.3, -0.25) is 0 Å². The standard InChI is InChI=1S/C13H18BrFN2O/c1-17-4-5-18-12(9-17)8-16-7-10-6-11(15)2-3-13(10)14/h2-3,6,12,16H,4-5,7-9H2,1H3. The Morgan fingerprint density at radius 1 is 1.56 bits per heavy atom. The zero-order chi connectivity index (χ0) is 13.0. The van der Waals surface area contributed by atoms with E-state index in [0.717, 1.165) is 36.3 Å². The van der Waals surface area contributed by atoms with Crippen molar-refractivity contribution in [3.63, 3.8) is 0 Å². The van der Waals surface area contributed by atoms with Crippen molar-refractivity contribution in [2.24, 2.45) is 0 Å². The van der Waals surface area contributed by atoms with Gasteiger partial charge >= 0.3 is 0 Å². The fraction of sp³-hybridized carbons (Fsp3) is 0.538. The number of morpholine rings is 1.